The summed E-state index contributed by atoms with van der Waals surface area (Å²) < 4.78 is 6.83. The van der Waals surface area contributed by atoms with Crippen molar-refractivity contribution >= 4 is 54.4 Å². The molecule has 1 heterocycles. The molecule has 6 heteroatoms. The number of halogens is 2. The minimum absolute atomic E-state index is 0.0299. The fourth-order valence-corrected chi connectivity index (χ4v) is 2.62. The maximum Gasteiger partial charge on any atom is 0.349 e. The van der Waals surface area contributed by atoms with Crippen LogP contribution in [0.5, 0.6) is 0 Å². The highest BCUT2D eigenvalue weighted by molar-refractivity contribution is 9.13. The van der Waals surface area contributed by atoms with Crippen LogP contribution in [-0.2, 0) is 0 Å². The van der Waals surface area contributed by atoms with E-state index < -0.39 is 11.5 Å². The molecular weight excluding hydrogens is 414 g/mol. The van der Waals surface area contributed by atoms with Gasteiger partial charge in [-0.3, -0.25) is 4.79 Å². The van der Waals surface area contributed by atoms with Crippen LogP contribution in [0.15, 0.2) is 66.7 Å². The van der Waals surface area contributed by atoms with Crippen molar-refractivity contribution < 1.29 is 9.21 Å². The van der Waals surface area contributed by atoms with Gasteiger partial charge in [0.25, 0.3) is 5.91 Å². The highest BCUT2D eigenvalue weighted by Crippen LogP contribution is 2.26. The molecule has 0 atom stereocenters. The van der Waals surface area contributed by atoms with E-state index in [2.05, 4.69) is 37.2 Å². The second-order valence-corrected chi connectivity index (χ2v) is 6.28. The number of nitrogens with one attached hydrogen (secondary N) is 1. The molecule has 0 saturated heterocycles. The van der Waals surface area contributed by atoms with Crippen LogP contribution in [0, 0.1) is 0 Å². The molecule has 0 unspecified atom stereocenters. The Morgan fingerprint density at radius 1 is 1.00 bits per heavy atom. The van der Waals surface area contributed by atoms with Gasteiger partial charge in [0.2, 0.25) is 0 Å². The smallest absolute Gasteiger partial charge is 0.349 e. The van der Waals surface area contributed by atoms with Crippen molar-refractivity contribution in [2.75, 3.05) is 5.32 Å². The van der Waals surface area contributed by atoms with Crippen molar-refractivity contribution in [3.05, 3.63) is 73.5 Å². The third-order valence-corrected chi connectivity index (χ3v) is 4.94. The molecular formula is C16H9Br2NO3. The average molecular weight is 423 g/mol. The third kappa shape index (κ3) is 2.98. The molecule has 0 spiro atoms. The second kappa shape index (κ2) is 6.06. The van der Waals surface area contributed by atoms with Crippen LogP contribution in [0.1, 0.15) is 10.4 Å². The van der Waals surface area contributed by atoms with E-state index in [-0.39, 0.29) is 5.56 Å². The first-order valence-corrected chi connectivity index (χ1v) is 7.92. The van der Waals surface area contributed by atoms with Gasteiger partial charge in [-0.05, 0) is 62.2 Å². The minimum Gasteiger partial charge on any atom is -0.422 e. The topological polar surface area (TPSA) is 59.3 Å². The van der Waals surface area contributed by atoms with Gasteiger partial charge in [-0.25, -0.2) is 4.79 Å². The molecule has 0 aliphatic rings. The van der Waals surface area contributed by atoms with Gasteiger partial charge in [-0.1, -0.05) is 18.2 Å². The van der Waals surface area contributed by atoms with Gasteiger partial charge in [0, 0.05) is 20.0 Å². The van der Waals surface area contributed by atoms with E-state index in [4.69, 9.17) is 4.42 Å². The Hall–Kier alpha value is -1.92. The molecule has 4 nitrogen and oxygen atoms in total. The summed E-state index contributed by atoms with van der Waals surface area (Å²) in [6, 6.07) is 13.8. The van der Waals surface area contributed by atoms with E-state index in [1.54, 1.807) is 36.4 Å². The molecule has 3 rings (SSSR count). The Morgan fingerprint density at radius 3 is 2.55 bits per heavy atom. The maximum atomic E-state index is 12.3. The number of fused-ring (bicyclic) bond motifs is 1. The van der Waals surface area contributed by atoms with Gasteiger partial charge in [-0.2, -0.15) is 0 Å². The Labute approximate surface area is 142 Å². The first-order chi connectivity index (χ1) is 10.5. The molecule has 1 N–H and O–H groups in total. The fraction of sp³-hybridized carbons (Fsp3) is 0. The largest absolute Gasteiger partial charge is 0.422 e. The number of rotatable bonds is 2. The molecule has 1 aromatic heterocycles. The number of carbonyl (C=O) groups is 1. The molecule has 0 saturated carbocycles. The zero-order valence-electron chi connectivity index (χ0n) is 11.1. The van der Waals surface area contributed by atoms with Gasteiger partial charge in [-0.15, -0.1) is 0 Å². The number of amides is 1. The first kappa shape index (κ1) is 15.0. The first-order valence-electron chi connectivity index (χ1n) is 6.34. The lowest BCUT2D eigenvalue weighted by molar-refractivity contribution is 0.102. The van der Waals surface area contributed by atoms with E-state index in [1.165, 1.54) is 6.07 Å². The van der Waals surface area contributed by atoms with Crippen molar-refractivity contribution in [1.82, 2.24) is 0 Å². The summed E-state index contributed by atoms with van der Waals surface area (Å²) in [4.78, 5) is 24.2. The number of para-hydroxylation sites is 1. The number of hydrogen-bond acceptors (Lipinski definition) is 3. The van der Waals surface area contributed by atoms with E-state index in [0.717, 1.165) is 8.95 Å². The number of benzene rings is 2. The van der Waals surface area contributed by atoms with Gasteiger partial charge in [0.05, 0.1) is 0 Å². The van der Waals surface area contributed by atoms with Crippen LogP contribution in [0.2, 0.25) is 0 Å². The molecule has 0 aliphatic heterocycles. The standard InChI is InChI=1S/C16H9Br2NO3/c17-12-6-5-10(8-13(12)18)19-15(20)11-7-9-3-1-2-4-14(9)22-16(11)21/h1-8H,(H,19,20). The van der Waals surface area contributed by atoms with Crippen LogP contribution >= 0.6 is 31.9 Å². The molecule has 3 aromatic rings. The summed E-state index contributed by atoms with van der Waals surface area (Å²) >= 11 is 6.72. The molecule has 1 amide bonds. The van der Waals surface area contributed by atoms with Crippen molar-refractivity contribution in [2.45, 2.75) is 0 Å². The second-order valence-electron chi connectivity index (χ2n) is 4.57. The molecule has 0 radical (unpaired) electrons. The van der Waals surface area contributed by atoms with E-state index in [9.17, 15) is 9.59 Å². The number of hydrogen-bond donors (Lipinski definition) is 1. The highest BCUT2D eigenvalue weighted by atomic mass is 79.9. The van der Waals surface area contributed by atoms with Gasteiger partial charge in [0.1, 0.15) is 11.1 Å². The zero-order chi connectivity index (χ0) is 15.7. The number of anilines is 1. The maximum absolute atomic E-state index is 12.3. The van der Waals surface area contributed by atoms with Gasteiger partial charge >= 0.3 is 5.63 Å². The zero-order valence-corrected chi connectivity index (χ0v) is 14.3. The Kier molecular flexibility index (Phi) is 4.13. The van der Waals surface area contributed by atoms with Crippen molar-refractivity contribution in [3.63, 3.8) is 0 Å². The summed E-state index contributed by atoms with van der Waals surface area (Å²) in [5, 5.41) is 3.38. The molecule has 110 valence electrons. The fourth-order valence-electron chi connectivity index (χ4n) is 1.99. The molecule has 22 heavy (non-hydrogen) atoms. The van der Waals surface area contributed by atoms with Crippen molar-refractivity contribution in [2.24, 2.45) is 0 Å². The molecule has 2 aromatic carbocycles. The third-order valence-electron chi connectivity index (χ3n) is 3.06. The lowest BCUT2D eigenvalue weighted by Gasteiger charge is -2.06. The quantitative estimate of drug-likeness (QED) is 0.615. The Morgan fingerprint density at radius 2 is 1.77 bits per heavy atom. The van der Waals surface area contributed by atoms with Gasteiger partial charge < -0.3 is 9.73 Å². The lowest BCUT2D eigenvalue weighted by atomic mass is 10.1. The number of carbonyl (C=O) groups excluding carboxylic acids is 1. The predicted octanol–water partition coefficient (Wildman–Crippen LogP) is 4.57. The average Bonchev–Trinajstić information content (AvgIpc) is 2.50. The predicted molar refractivity (Wildman–Crippen MR) is 92.3 cm³/mol. The van der Waals surface area contributed by atoms with Crippen LogP contribution in [0.4, 0.5) is 5.69 Å². The van der Waals surface area contributed by atoms with Crippen molar-refractivity contribution in [3.8, 4) is 0 Å². The highest BCUT2D eigenvalue weighted by Gasteiger charge is 2.14. The van der Waals surface area contributed by atoms with Crippen LogP contribution in [0.25, 0.3) is 11.0 Å². The molecule has 0 bridgehead atoms. The van der Waals surface area contributed by atoms with Crippen LogP contribution in [0.3, 0.4) is 0 Å². The van der Waals surface area contributed by atoms with Crippen LogP contribution < -0.4 is 10.9 Å². The minimum atomic E-state index is -0.660. The summed E-state index contributed by atoms with van der Waals surface area (Å²) in [6.45, 7) is 0. The van der Waals surface area contributed by atoms with Crippen LogP contribution in [-0.4, -0.2) is 5.91 Å². The molecule has 0 aliphatic carbocycles. The molecule has 0 fully saturated rings. The van der Waals surface area contributed by atoms with E-state index >= 15 is 0 Å². The van der Waals surface area contributed by atoms with E-state index in [1.807, 2.05) is 6.07 Å². The summed E-state index contributed by atoms with van der Waals surface area (Å²) in [5.41, 5.74) is 0.341. The van der Waals surface area contributed by atoms with Gasteiger partial charge in [0.15, 0.2) is 0 Å². The summed E-state index contributed by atoms with van der Waals surface area (Å²) in [5.74, 6) is -0.506. The summed E-state index contributed by atoms with van der Waals surface area (Å²) in [6.07, 6.45) is 0. The van der Waals surface area contributed by atoms with E-state index in [0.29, 0.717) is 16.7 Å². The normalized spacial score (nSPS) is 10.6. The Balaban J connectivity index is 1.96. The van der Waals surface area contributed by atoms with Crippen molar-refractivity contribution in [1.29, 1.82) is 0 Å². The Bertz CT molecular complexity index is 934. The summed E-state index contributed by atoms with van der Waals surface area (Å²) in [7, 11) is 0. The lowest BCUT2D eigenvalue weighted by Crippen LogP contribution is -2.20. The monoisotopic (exact) mass is 421 g/mol. The SMILES string of the molecule is O=C(Nc1ccc(Br)c(Br)c1)c1cc2ccccc2oc1=O.